The number of nitrogens with zero attached hydrogens (tertiary/aromatic N) is 1. The minimum atomic E-state index is -0.349. The number of piperidine rings is 1. The Morgan fingerprint density at radius 3 is 2.46 bits per heavy atom. The lowest BCUT2D eigenvalue weighted by molar-refractivity contribution is -0.142. The fourth-order valence-corrected chi connectivity index (χ4v) is 3.43. The molecule has 1 aromatic rings. The number of hydrogen-bond acceptors (Lipinski definition) is 3. The predicted octanol–water partition coefficient (Wildman–Crippen LogP) is 3.11. The van der Waals surface area contributed by atoms with Crippen LogP contribution in [0.3, 0.4) is 0 Å². The van der Waals surface area contributed by atoms with Gasteiger partial charge in [-0.05, 0) is 42.7 Å². The second-order valence-electron chi connectivity index (χ2n) is 7.52. The van der Waals surface area contributed by atoms with E-state index in [-0.39, 0.29) is 23.9 Å². The van der Waals surface area contributed by atoms with Crippen molar-refractivity contribution in [3.63, 3.8) is 0 Å². The third kappa shape index (κ3) is 5.31. The molecule has 0 aromatic heterocycles. The van der Waals surface area contributed by atoms with Gasteiger partial charge in [-0.3, -0.25) is 9.59 Å². The van der Waals surface area contributed by atoms with Gasteiger partial charge in [0.15, 0.2) is 0 Å². The summed E-state index contributed by atoms with van der Waals surface area (Å²) in [5.74, 6) is 0.488. The molecular weight excluding hydrogens is 326 g/mol. The lowest BCUT2D eigenvalue weighted by atomic mass is 9.98. The molecule has 5 heteroatoms. The summed E-state index contributed by atoms with van der Waals surface area (Å²) in [7, 11) is 0. The summed E-state index contributed by atoms with van der Waals surface area (Å²) < 4.78 is 0. The van der Waals surface area contributed by atoms with Crippen molar-refractivity contribution >= 4 is 11.8 Å². The normalized spacial score (nSPS) is 18.7. The van der Waals surface area contributed by atoms with Gasteiger partial charge in [-0.15, -0.1) is 0 Å². The van der Waals surface area contributed by atoms with Crippen LogP contribution in [0.1, 0.15) is 76.0 Å². The molecule has 2 atom stereocenters. The summed E-state index contributed by atoms with van der Waals surface area (Å²) >= 11 is 0. The molecule has 1 fully saturated rings. The largest absolute Gasteiger partial charge is 0.352 e. The molecule has 3 N–H and O–H groups in total. The van der Waals surface area contributed by atoms with Crippen molar-refractivity contribution in [1.29, 1.82) is 0 Å². The number of nitrogens with two attached hydrogens (primary N) is 1. The molecular formula is C21H33N3O2. The van der Waals surface area contributed by atoms with E-state index in [2.05, 4.69) is 31.3 Å². The van der Waals surface area contributed by atoms with Gasteiger partial charge in [-0.1, -0.05) is 45.0 Å². The van der Waals surface area contributed by atoms with E-state index in [4.69, 9.17) is 5.73 Å². The van der Waals surface area contributed by atoms with Crippen molar-refractivity contribution in [2.24, 2.45) is 5.73 Å². The Kier molecular flexibility index (Phi) is 7.64. The summed E-state index contributed by atoms with van der Waals surface area (Å²) in [4.78, 5) is 26.7. The second-order valence-corrected chi connectivity index (χ2v) is 7.52. The van der Waals surface area contributed by atoms with Crippen molar-refractivity contribution in [1.82, 2.24) is 10.2 Å². The molecule has 1 saturated heterocycles. The third-order valence-electron chi connectivity index (χ3n) is 5.12. The fourth-order valence-electron chi connectivity index (χ4n) is 3.43. The standard InChI is InChI=1S/C21H33N3O2/c1-4-7-20(25)24-13-6-5-8-19(24)21(26)23-14-18(22)17-11-9-16(10-12-17)15(2)3/h9-12,15,18-19H,4-8,13-14,22H2,1-3H3,(H,23,26). The lowest BCUT2D eigenvalue weighted by Crippen LogP contribution is -2.52. The van der Waals surface area contributed by atoms with Gasteiger partial charge in [0, 0.05) is 25.6 Å². The molecule has 1 aliphatic rings. The first kappa shape index (κ1) is 20.4. The maximum absolute atomic E-state index is 12.6. The number of amides is 2. The number of rotatable bonds is 7. The zero-order valence-corrected chi connectivity index (χ0v) is 16.3. The average molecular weight is 360 g/mol. The van der Waals surface area contributed by atoms with Crippen LogP contribution in [-0.4, -0.2) is 35.8 Å². The Labute approximate surface area is 157 Å². The summed E-state index contributed by atoms with van der Waals surface area (Å²) in [5.41, 5.74) is 8.53. The number of hydrogen-bond donors (Lipinski definition) is 2. The van der Waals surface area contributed by atoms with Crippen molar-refractivity contribution in [2.75, 3.05) is 13.1 Å². The minimum absolute atomic E-state index is 0.0802. The summed E-state index contributed by atoms with van der Waals surface area (Å²) in [5, 5.41) is 2.96. The molecule has 1 aliphatic heterocycles. The second kappa shape index (κ2) is 9.72. The zero-order chi connectivity index (χ0) is 19.1. The Morgan fingerprint density at radius 1 is 1.19 bits per heavy atom. The van der Waals surface area contributed by atoms with Crippen LogP contribution in [0.4, 0.5) is 0 Å². The van der Waals surface area contributed by atoms with E-state index >= 15 is 0 Å². The average Bonchev–Trinajstić information content (AvgIpc) is 2.66. The first-order chi connectivity index (χ1) is 12.4. The summed E-state index contributed by atoms with van der Waals surface area (Å²) in [6.45, 7) is 7.36. The van der Waals surface area contributed by atoms with Gasteiger partial charge >= 0.3 is 0 Å². The molecule has 0 saturated carbocycles. The first-order valence-electron chi connectivity index (χ1n) is 9.86. The molecule has 144 valence electrons. The highest BCUT2D eigenvalue weighted by Crippen LogP contribution is 2.20. The minimum Gasteiger partial charge on any atom is -0.352 e. The monoisotopic (exact) mass is 359 g/mol. The van der Waals surface area contributed by atoms with Crippen LogP contribution in [-0.2, 0) is 9.59 Å². The van der Waals surface area contributed by atoms with Crippen LogP contribution in [0.25, 0.3) is 0 Å². The van der Waals surface area contributed by atoms with E-state index in [0.717, 1.165) is 31.2 Å². The fraction of sp³-hybridized carbons (Fsp3) is 0.619. The zero-order valence-electron chi connectivity index (χ0n) is 16.3. The molecule has 2 rings (SSSR count). The van der Waals surface area contributed by atoms with Gasteiger partial charge in [0.05, 0.1) is 0 Å². The highest BCUT2D eigenvalue weighted by molar-refractivity contribution is 5.87. The van der Waals surface area contributed by atoms with E-state index in [1.54, 1.807) is 4.90 Å². The number of carbonyl (C=O) groups excluding carboxylic acids is 2. The molecule has 26 heavy (non-hydrogen) atoms. The van der Waals surface area contributed by atoms with Crippen molar-refractivity contribution < 1.29 is 9.59 Å². The van der Waals surface area contributed by atoms with Crippen LogP contribution >= 0.6 is 0 Å². The lowest BCUT2D eigenvalue weighted by Gasteiger charge is -2.35. The molecule has 2 unspecified atom stereocenters. The van der Waals surface area contributed by atoms with Gasteiger partial charge in [-0.2, -0.15) is 0 Å². The smallest absolute Gasteiger partial charge is 0.242 e. The molecule has 2 amide bonds. The molecule has 5 nitrogen and oxygen atoms in total. The van der Waals surface area contributed by atoms with Crippen molar-refractivity contribution in [3.8, 4) is 0 Å². The van der Waals surface area contributed by atoms with E-state index < -0.39 is 0 Å². The molecule has 0 bridgehead atoms. The van der Waals surface area contributed by atoms with Gasteiger partial charge in [0.2, 0.25) is 11.8 Å². The van der Waals surface area contributed by atoms with E-state index in [9.17, 15) is 9.59 Å². The third-order valence-corrected chi connectivity index (χ3v) is 5.12. The molecule has 0 spiro atoms. The number of nitrogens with one attached hydrogen (secondary N) is 1. The quantitative estimate of drug-likeness (QED) is 0.785. The van der Waals surface area contributed by atoms with Crippen LogP contribution < -0.4 is 11.1 Å². The van der Waals surface area contributed by atoms with E-state index in [1.807, 2.05) is 19.1 Å². The van der Waals surface area contributed by atoms with Gasteiger partial charge in [0.25, 0.3) is 0 Å². The van der Waals surface area contributed by atoms with Gasteiger partial charge < -0.3 is 16.0 Å². The van der Waals surface area contributed by atoms with Crippen LogP contribution in [0.5, 0.6) is 0 Å². The van der Waals surface area contributed by atoms with Crippen molar-refractivity contribution in [2.45, 2.75) is 70.9 Å². The molecule has 1 aromatic carbocycles. The first-order valence-corrected chi connectivity index (χ1v) is 9.86. The maximum atomic E-state index is 12.6. The van der Waals surface area contributed by atoms with Gasteiger partial charge in [0.1, 0.15) is 6.04 Å². The summed E-state index contributed by atoms with van der Waals surface area (Å²) in [6, 6.07) is 7.65. The van der Waals surface area contributed by atoms with Gasteiger partial charge in [-0.25, -0.2) is 0 Å². The summed E-state index contributed by atoms with van der Waals surface area (Å²) in [6.07, 6.45) is 4.00. The highest BCUT2D eigenvalue weighted by Gasteiger charge is 2.31. The molecule has 1 heterocycles. The molecule has 0 radical (unpaired) electrons. The molecule has 0 aliphatic carbocycles. The highest BCUT2D eigenvalue weighted by atomic mass is 16.2. The van der Waals surface area contributed by atoms with Crippen LogP contribution in [0, 0.1) is 0 Å². The van der Waals surface area contributed by atoms with Crippen LogP contribution in [0.2, 0.25) is 0 Å². The topological polar surface area (TPSA) is 75.4 Å². The Hall–Kier alpha value is -1.88. The number of benzene rings is 1. The Morgan fingerprint density at radius 2 is 1.85 bits per heavy atom. The Balaban J connectivity index is 1.92. The van der Waals surface area contributed by atoms with Crippen LogP contribution in [0.15, 0.2) is 24.3 Å². The number of carbonyl (C=O) groups is 2. The van der Waals surface area contributed by atoms with Crippen molar-refractivity contribution in [3.05, 3.63) is 35.4 Å². The maximum Gasteiger partial charge on any atom is 0.242 e. The van der Waals surface area contributed by atoms with E-state index in [0.29, 0.717) is 25.4 Å². The number of likely N-dealkylation sites (tertiary alicyclic amines) is 1. The SMILES string of the molecule is CCCC(=O)N1CCCCC1C(=O)NCC(N)c1ccc(C(C)C)cc1. The predicted molar refractivity (Wildman–Crippen MR) is 105 cm³/mol. The Bertz CT molecular complexity index is 598. The van der Waals surface area contributed by atoms with E-state index in [1.165, 1.54) is 5.56 Å².